The van der Waals surface area contributed by atoms with Crippen LogP contribution in [0.25, 0.3) is 0 Å². The Bertz CT molecular complexity index is 927. The quantitative estimate of drug-likeness (QED) is 0.568. The molecule has 2 amide bonds. The largest absolute Gasteiger partial charge is 0.392 e. The molecule has 138 valence electrons. The average Bonchev–Trinajstić information content (AvgIpc) is 2.68. The van der Waals surface area contributed by atoms with E-state index in [1.807, 2.05) is 79.7 Å². The smallest absolute Gasteiger partial charge is 0.319 e. The molecule has 0 atom stereocenters. The highest BCUT2D eigenvalue weighted by molar-refractivity contribution is 7.99. The zero-order valence-corrected chi connectivity index (χ0v) is 15.9. The first kappa shape index (κ1) is 19.0. The van der Waals surface area contributed by atoms with Gasteiger partial charge in [0, 0.05) is 22.0 Å². The van der Waals surface area contributed by atoms with Crippen LogP contribution in [0.3, 0.4) is 0 Å². The van der Waals surface area contributed by atoms with E-state index >= 15 is 0 Å². The Morgan fingerprint density at radius 2 is 1.59 bits per heavy atom. The maximum absolute atomic E-state index is 12.2. The lowest BCUT2D eigenvalue weighted by Gasteiger charge is -2.13. The number of rotatable bonds is 6. The molecule has 3 aromatic rings. The van der Waals surface area contributed by atoms with Gasteiger partial charge in [-0.15, -0.1) is 0 Å². The Balaban J connectivity index is 1.66. The highest BCUT2D eigenvalue weighted by atomic mass is 32.2. The first-order valence-electron chi connectivity index (χ1n) is 8.72. The van der Waals surface area contributed by atoms with Gasteiger partial charge in [-0.25, -0.2) is 4.79 Å². The van der Waals surface area contributed by atoms with E-state index in [1.54, 1.807) is 11.8 Å². The van der Waals surface area contributed by atoms with Gasteiger partial charge in [-0.05, 0) is 47.9 Å². The summed E-state index contributed by atoms with van der Waals surface area (Å²) in [5.74, 6) is 0. The van der Waals surface area contributed by atoms with Crippen LogP contribution >= 0.6 is 11.8 Å². The summed E-state index contributed by atoms with van der Waals surface area (Å²) in [5.41, 5.74) is 3.78. The number of aliphatic hydroxyl groups is 1. The Morgan fingerprint density at radius 1 is 0.926 bits per heavy atom. The lowest BCUT2D eigenvalue weighted by atomic mass is 10.2. The fourth-order valence-electron chi connectivity index (χ4n) is 2.68. The fraction of sp³-hybridized carbons (Fsp3) is 0.136. The molecule has 0 spiro atoms. The molecule has 0 fully saturated rings. The first-order chi connectivity index (χ1) is 13.2. The van der Waals surface area contributed by atoms with E-state index in [9.17, 15) is 9.90 Å². The first-order valence-corrected chi connectivity index (χ1v) is 9.53. The topological polar surface area (TPSA) is 61.4 Å². The van der Waals surface area contributed by atoms with Gasteiger partial charge < -0.3 is 15.7 Å². The highest BCUT2D eigenvalue weighted by Gasteiger charge is 2.09. The minimum Gasteiger partial charge on any atom is -0.392 e. The van der Waals surface area contributed by atoms with E-state index in [0.717, 1.165) is 32.2 Å². The summed E-state index contributed by atoms with van der Waals surface area (Å²) >= 11 is 1.59. The molecule has 3 aromatic carbocycles. The molecule has 0 unspecified atom stereocenters. The third-order valence-corrected chi connectivity index (χ3v) is 5.29. The number of hydrogen-bond donors (Lipinski definition) is 3. The van der Waals surface area contributed by atoms with Crippen molar-refractivity contribution in [1.29, 1.82) is 0 Å². The van der Waals surface area contributed by atoms with Gasteiger partial charge in [-0.1, -0.05) is 60.3 Å². The van der Waals surface area contributed by atoms with Gasteiger partial charge in [-0.2, -0.15) is 0 Å². The Hall–Kier alpha value is -2.76. The number of aliphatic hydroxyl groups excluding tert-OH is 1. The number of nitrogens with one attached hydrogen (secondary N) is 2. The standard InChI is InChI=1S/C22H22N2O2S/c1-16-7-6-10-19(13-16)24-22(26)23-14-17-8-2-4-11-20(17)27-21-12-5-3-9-18(21)15-25/h2-13,25H,14-15H2,1H3,(H2,23,24,26). The minimum atomic E-state index is -0.240. The van der Waals surface area contributed by atoms with Crippen LogP contribution in [-0.2, 0) is 13.2 Å². The molecule has 27 heavy (non-hydrogen) atoms. The van der Waals surface area contributed by atoms with E-state index < -0.39 is 0 Å². The van der Waals surface area contributed by atoms with Crippen molar-refractivity contribution in [3.8, 4) is 0 Å². The minimum absolute atomic E-state index is 0.00247. The monoisotopic (exact) mass is 378 g/mol. The van der Waals surface area contributed by atoms with Crippen LogP contribution in [0.15, 0.2) is 82.6 Å². The van der Waals surface area contributed by atoms with Crippen LogP contribution < -0.4 is 10.6 Å². The highest BCUT2D eigenvalue weighted by Crippen LogP contribution is 2.32. The van der Waals surface area contributed by atoms with Gasteiger partial charge in [0.1, 0.15) is 0 Å². The Kier molecular flexibility index (Phi) is 6.52. The number of aryl methyl sites for hydroxylation is 1. The zero-order valence-electron chi connectivity index (χ0n) is 15.1. The van der Waals surface area contributed by atoms with Crippen LogP contribution in [0.4, 0.5) is 10.5 Å². The summed E-state index contributed by atoms with van der Waals surface area (Å²) in [7, 11) is 0. The van der Waals surface area contributed by atoms with Crippen molar-refractivity contribution in [2.75, 3.05) is 5.32 Å². The van der Waals surface area contributed by atoms with Crippen molar-refractivity contribution in [3.05, 3.63) is 89.5 Å². The third kappa shape index (κ3) is 5.36. The van der Waals surface area contributed by atoms with Gasteiger partial charge in [0.15, 0.2) is 0 Å². The molecular formula is C22H22N2O2S. The molecule has 0 heterocycles. The molecule has 0 aromatic heterocycles. The van der Waals surface area contributed by atoms with Crippen molar-refractivity contribution in [2.24, 2.45) is 0 Å². The van der Waals surface area contributed by atoms with Crippen LogP contribution in [0.1, 0.15) is 16.7 Å². The van der Waals surface area contributed by atoms with Crippen molar-refractivity contribution < 1.29 is 9.90 Å². The molecule has 0 aliphatic rings. The molecule has 3 rings (SSSR count). The van der Waals surface area contributed by atoms with E-state index in [1.165, 1.54) is 0 Å². The number of amides is 2. The molecule has 0 radical (unpaired) electrons. The van der Waals surface area contributed by atoms with Crippen LogP contribution in [0.2, 0.25) is 0 Å². The molecule has 4 nitrogen and oxygen atoms in total. The summed E-state index contributed by atoms with van der Waals surface area (Å²) in [6, 6.07) is 23.2. The lowest BCUT2D eigenvalue weighted by Crippen LogP contribution is -2.28. The summed E-state index contributed by atoms with van der Waals surface area (Å²) < 4.78 is 0. The molecule has 0 aliphatic heterocycles. The Morgan fingerprint density at radius 3 is 2.30 bits per heavy atom. The second-order valence-electron chi connectivity index (χ2n) is 6.15. The van der Waals surface area contributed by atoms with Crippen molar-refractivity contribution in [3.63, 3.8) is 0 Å². The zero-order chi connectivity index (χ0) is 19.1. The SMILES string of the molecule is Cc1cccc(NC(=O)NCc2ccccc2Sc2ccccc2CO)c1. The van der Waals surface area contributed by atoms with Gasteiger partial charge >= 0.3 is 6.03 Å². The fourth-order valence-corrected chi connectivity index (χ4v) is 3.74. The summed E-state index contributed by atoms with van der Waals surface area (Å²) in [5, 5.41) is 15.3. The van der Waals surface area contributed by atoms with Crippen molar-refractivity contribution in [2.45, 2.75) is 29.9 Å². The van der Waals surface area contributed by atoms with Crippen molar-refractivity contribution in [1.82, 2.24) is 5.32 Å². The Labute approximate surface area is 163 Å². The number of carbonyl (C=O) groups is 1. The van der Waals surface area contributed by atoms with E-state index in [2.05, 4.69) is 10.6 Å². The molecule has 0 bridgehead atoms. The van der Waals surface area contributed by atoms with Gasteiger partial charge in [0.2, 0.25) is 0 Å². The number of hydrogen-bond acceptors (Lipinski definition) is 3. The van der Waals surface area contributed by atoms with Crippen LogP contribution in [-0.4, -0.2) is 11.1 Å². The number of carbonyl (C=O) groups excluding carboxylic acids is 1. The number of urea groups is 1. The molecule has 0 saturated carbocycles. The molecule has 0 saturated heterocycles. The van der Waals surface area contributed by atoms with Gasteiger partial charge in [0.05, 0.1) is 6.61 Å². The molecule has 5 heteroatoms. The number of benzene rings is 3. The van der Waals surface area contributed by atoms with Gasteiger partial charge in [0.25, 0.3) is 0 Å². The summed E-state index contributed by atoms with van der Waals surface area (Å²) in [6.45, 7) is 2.41. The van der Waals surface area contributed by atoms with E-state index in [-0.39, 0.29) is 12.6 Å². The second-order valence-corrected chi connectivity index (χ2v) is 7.24. The maximum Gasteiger partial charge on any atom is 0.319 e. The van der Waals surface area contributed by atoms with Crippen LogP contribution in [0.5, 0.6) is 0 Å². The number of anilines is 1. The van der Waals surface area contributed by atoms with Crippen molar-refractivity contribution >= 4 is 23.5 Å². The maximum atomic E-state index is 12.2. The summed E-state index contributed by atoms with van der Waals surface area (Å²) in [6.07, 6.45) is 0. The van der Waals surface area contributed by atoms with E-state index in [4.69, 9.17) is 0 Å². The lowest BCUT2D eigenvalue weighted by molar-refractivity contribution is 0.251. The molecule has 3 N–H and O–H groups in total. The third-order valence-electron chi connectivity index (χ3n) is 4.05. The predicted octanol–water partition coefficient (Wildman–Crippen LogP) is 4.96. The van der Waals surface area contributed by atoms with Gasteiger partial charge in [-0.3, -0.25) is 0 Å². The molecule has 0 aliphatic carbocycles. The summed E-state index contributed by atoms with van der Waals surface area (Å²) in [4.78, 5) is 14.3. The van der Waals surface area contributed by atoms with E-state index in [0.29, 0.717) is 6.54 Å². The normalized spacial score (nSPS) is 10.4. The van der Waals surface area contributed by atoms with Crippen LogP contribution in [0, 0.1) is 6.92 Å². The second kappa shape index (κ2) is 9.26. The predicted molar refractivity (Wildman–Crippen MR) is 110 cm³/mol. The average molecular weight is 378 g/mol. The molecular weight excluding hydrogens is 356 g/mol.